The molecule has 0 aromatic heterocycles. The molecule has 1 nitrogen and oxygen atoms in total. The minimum atomic E-state index is 0.311. The van der Waals surface area contributed by atoms with Gasteiger partial charge in [-0.25, -0.2) is 0 Å². The molecule has 0 heterocycles. The summed E-state index contributed by atoms with van der Waals surface area (Å²) in [5.74, 6) is 0. The van der Waals surface area contributed by atoms with Gasteiger partial charge in [0, 0.05) is 6.61 Å². The van der Waals surface area contributed by atoms with Crippen LogP contribution in [0.2, 0.25) is 0 Å². The SMILES string of the molecule is Cc1cc(C)c(C23CC(CO)(C2)C3)cc1C. The maximum absolute atomic E-state index is 9.31. The molecule has 1 aromatic carbocycles. The van der Waals surface area contributed by atoms with Crippen LogP contribution < -0.4 is 0 Å². The summed E-state index contributed by atoms with van der Waals surface area (Å²) in [5, 5.41) is 9.31. The number of aryl methyl sites for hydroxylation is 3. The van der Waals surface area contributed by atoms with Crippen molar-refractivity contribution in [1.82, 2.24) is 0 Å². The summed E-state index contributed by atoms with van der Waals surface area (Å²) in [4.78, 5) is 0. The van der Waals surface area contributed by atoms with Crippen LogP contribution >= 0.6 is 0 Å². The van der Waals surface area contributed by atoms with E-state index in [0.29, 0.717) is 17.4 Å². The average molecular weight is 216 g/mol. The predicted molar refractivity (Wildman–Crippen MR) is 65.7 cm³/mol. The van der Waals surface area contributed by atoms with Crippen LogP contribution in [-0.4, -0.2) is 11.7 Å². The molecule has 3 aliphatic rings. The zero-order valence-electron chi connectivity index (χ0n) is 10.4. The van der Waals surface area contributed by atoms with Crippen LogP contribution in [0.4, 0.5) is 0 Å². The van der Waals surface area contributed by atoms with Crippen LogP contribution in [-0.2, 0) is 5.41 Å². The lowest BCUT2D eigenvalue weighted by molar-refractivity contribution is -0.168. The summed E-state index contributed by atoms with van der Waals surface area (Å²) in [5.41, 5.74) is 6.53. The van der Waals surface area contributed by atoms with Crippen molar-refractivity contribution in [3.63, 3.8) is 0 Å². The Morgan fingerprint density at radius 1 is 1.00 bits per heavy atom. The smallest absolute Gasteiger partial charge is 0.0488 e. The van der Waals surface area contributed by atoms with E-state index in [9.17, 15) is 5.11 Å². The molecule has 0 amide bonds. The fourth-order valence-corrected chi connectivity index (χ4v) is 3.98. The molecule has 1 N–H and O–H groups in total. The van der Waals surface area contributed by atoms with Gasteiger partial charge in [-0.3, -0.25) is 0 Å². The second-order valence-electron chi connectivity index (χ2n) is 6.22. The number of benzene rings is 1. The lowest BCUT2D eigenvalue weighted by Crippen LogP contribution is -2.66. The van der Waals surface area contributed by atoms with Crippen LogP contribution in [0.3, 0.4) is 0 Å². The van der Waals surface area contributed by atoms with Gasteiger partial charge in [-0.1, -0.05) is 12.1 Å². The third-order valence-electron chi connectivity index (χ3n) is 4.89. The first-order valence-corrected chi connectivity index (χ1v) is 6.20. The molecule has 3 saturated carbocycles. The standard InChI is InChI=1S/C15H20O/c1-10-4-12(3)13(5-11(10)2)15-6-14(7-15,8-15)9-16/h4-5,16H,6-9H2,1-3H3. The molecule has 3 fully saturated rings. The third kappa shape index (κ3) is 1.10. The highest BCUT2D eigenvalue weighted by Crippen LogP contribution is 2.73. The van der Waals surface area contributed by atoms with E-state index in [1.807, 2.05) is 0 Å². The Labute approximate surface area is 97.5 Å². The van der Waals surface area contributed by atoms with Crippen molar-refractivity contribution in [3.05, 3.63) is 34.4 Å². The summed E-state index contributed by atoms with van der Waals surface area (Å²) in [6, 6.07) is 4.70. The summed E-state index contributed by atoms with van der Waals surface area (Å²) < 4.78 is 0. The van der Waals surface area contributed by atoms with Crippen molar-refractivity contribution in [2.45, 2.75) is 45.4 Å². The highest BCUT2D eigenvalue weighted by molar-refractivity contribution is 5.47. The Bertz CT molecular complexity index is 439. The molecule has 0 radical (unpaired) electrons. The zero-order chi connectivity index (χ0) is 11.6. The zero-order valence-corrected chi connectivity index (χ0v) is 10.4. The van der Waals surface area contributed by atoms with Gasteiger partial charge in [0.15, 0.2) is 0 Å². The van der Waals surface area contributed by atoms with Gasteiger partial charge in [-0.05, 0) is 73.1 Å². The lowest BCUT2D eigenvalue weighted by atomic mass is 9.33. The monoisotopic (exact) mass is 216 g/mol. The van der Waals surface area contributed by atoms with Crippen molar-refractivity contribution < 1.29 is 5.11 Å². The van der Waals surface area contributed by atoms with Crippen LogP contribution in [0, 0.1) is 26.2 Å². The molecule has 86 valence electrons. The Hall–Kier alpha value is -0.820. The van der Waals surface area contributed by atoms with E-state index < -0.39 is 0 Å². The number of hydrogen-bond donors (Lipinski definition) is 1. The van der Waals surface area contributed by atoms with E-state index in [1.54, 1.807) is 5.56 Å². The van der Waals surface area contributed by atoms with E-state index in [-0.39, 0.29) is 0 Å². The minimum Gasteiger partial charge on any atom is -0.396 e. The predicted octanol–water partition coefficient (Wildman–Crippen LogP) is 3.03. The minimum absolute atomic E-state index is 0.311. The highest BCUT2D eigenvalue weighted by atomic mass is 16.3. The van der Waals surface area contributed by atoms with Crippen LogP contribution in [0.25, 0.3) is 0 Å². The number of aliphatic hydroxyl groups is 1. The van der Waals surface area contributed by atoms with E-state index in [2.05, 4.69) is 32.9 Å². The molecule has 0 unspecified atom stereocenters. The normalized spacial score (nSPS) is 35.5. The first kappa shape index (κ1) is 10.3. The van der Waals surface area contributed by atoms with E-state index in [4.69, 9.17) is 0 Å². The molecule has 1 heteroatoms. The van der Waals surface area contributed by atoms with Crippen molar-refractivity contribution in [2.75, 3.05) is 6.61 Å². The van der Waals surface area contributed by atoms with Gasteiger partial charge < -0.3 is 5.11 Å². The quantitative estimate of drug-likeness (QED) is 0.805. The van der Waals surface area contributed by atoms with Gasteiger partial charge in [0.05, 0.1) is 0 Å². The first-order chi connectivity index (χ1) is 7.50. The number of hydrogen-bond acceptors (Lipinski definition) is 1. The van der Waals surface area contributed by atoms with Crippen molar-refractivity contribution >= 4 is 0 Å². The second-order valence-corrected chi connectivity index (χ2v) is 6.22. The molecule has 0 atom stereocenters. The van der Waals surface area contributed by atoms with E-state index in [1.165, 1.54) is 36.0 Å². The Morgan fingerprint density at radius 2 is 1.56 bits per heavy atom. The molecule has 3 aliphatic carbocycles. The summed E-state index contributed by atoms with van der Waals surface area (Å²) in [6.07, 6.45) is 3.62. The van der Waals surface area contributed by atoms with Crippen LogP contribution in [0.15, 0.2) is 12.1 Å². The molecule has 16 heavy (non-hydrogen) atoms. The fraction of sp³-hybridized carbons (Fsp3) is 0.600. The van der Waals surface area contributed by atoms with Gasteiger partial charge in [-0.15, -0.1) is 0 Å². The van der Waals surface area contributed by atoms with Crippen LogP contribution in [0.1, 0.15) is 41.5 Å². The Balaban J connectivity index is 1.95. The maximum Gasteiger partial charge on any atom is 0.0488 e. The van der Waals surface area contributed by atoms with Gasteiger partial charge in [-0.2, -0.15) is 0 Å². The molecule has 0 aliphatic heterocycles. The van der Waals surface area contributed by atoms with Gasteiger partial charge in [0.25, 0.3) is 0 Å². The molecular formula is C15H20O. The number of rotatable bonds is 2. The van der Waals surface area contributed by atoms with E-state index in [0.717, 1.165) is 0 Å². The van der Waals surface area contributed by atoms with E-state index >= 15 is 0 Å². The van der Waals surface area contributed by atoms with Crippen molar-refractivity contribution in [2.24, 2.45) is 5.41 Å². The second kappa shape index (κ2) is 2.89. The number of aliphatic hydroxyl groups excluding tert-OH is 1. The summed E-state index contributed by atoms with van der Waals surface area (Å²) >= 11 is 0. The molecular weight excluding hydrogens is 196 g/mol. The Kier molecular flexibility index (Phi) is 1.87. The molecule has 2 bridgehead atoms. The molecule has 1 aromatic rings. The Morgan fingerprint density at radius 3 is 2.12 bits per heavy atom. The summed E-state index contributed by atoms with van der Waals surface area (Å²) in [7, 11) is 0. The largest absolute Gasteiger partial charge is 0.396 e. The first-order valence-electron chi connectivity index (χ1n) is 6.20. The van der Waals surface area contributed by atoms with Crippen LogP contribution in [0.5, 0.6) is 0 Å². The third-order valence-corrected chi connectivity index (χ3v) is 4.89. The van der Waals surface area contributed by atoms with Gasteiger partial charge >= 0.3 is 0 Å². The topological polar surface area (TPSA) is 20.2 Å². The van der Waals surface area contributed by atoms with Crippen molar-refractivity contribution in [1.29, 1.82) is 0 Å². The van der Waals surface area contributed by atoms with Gasteiger partial charge in [0.1, 0.15) is 0 Å². The molecule has 0 spiro atoms. The molecule has 4 rings (SSSR count). The molecule has 0 saturated heterocycles. The summed E-state index contributed by atoms with van der Waals surface area (Å²) in [6.45, 7) is 7.00. The van der Waals surface area contributed by atoms with Gasteiger partial charge in [0.2, 0.25) is 0 Å². The average Bonchev–Trinajstić information content (AvgIpc) is 2.10. The fourth-order valence-electron chi connectivity index (χ4n) is 3.98. The maximum atomic E-state index is 9.31. The highest BCUT2D eigenvalue weighted by Gasteiger charge is 2.68. The lowest BCUT2D eigenvalue weighted by Gasteiger charge is -2.71. The van der Waals surface area contributed by atoms with Crippen molar-refractivity contribution in [3.8, 4) is 0 Å².